The van der Waals surface area contributed by atoms with E-state index in [1.807, 2.05) is 0 Å². The van der Waals surface area contributed by atoms with Gasteiger partial charge in [-0.1, -0.05) is 39.0 Å². The Kier molecular flexibility index (Phi) is 14.3. The summed E-state index contributed by atoms with van der Waals surface area (Å²) in [6, 6.07) is 0. The molecule has 0 aromatic heterocycles. The highest BCUT2D eigenvalue weighted by molar-refractivity contribution is 5.71. The molecule has 0 saturated carbocycles. The summed E-state index contributed by atoms with van der Waals surface area (Å²) in [6.07, 6.45) is 6.80. The van der Waals surface area contributed by atoms with Crippen molar-refractivity contribution in [3.8, 4) is 0 Å². The number of rotatable bonds is 14. The Morgan fingerprint density at radius 3 is 2.55 bits per heavy atom. The van der Waals surface area contributed by atoms with E-state index < -0.39 is 6.10 Å². The SMILES string of the molecule is CCCCCCCCOCC(O)CNCC(=O)OCC. The van der Waals surface area contributed by atoms with Gasteiger partial charge < -0.3 is 19.9 Å². The lowest BCUT2D eigenvalue weighted by Gasteiger charge is -2.12. The first-order valence-electron chi connectivity index (χ1n) is 7.82. The molecule has 0 aromatic carbocycles. The number of aliphatic hydroxyl groups excluding tert-OH is 1. The molecule has 0 aromatic rings. The maximum Gasteiger partial charge on any atom is 0.319 e. The maximum atomic E-state index is 11.0. The Morgan fingerprint density at radius 1 is 1.15 bits per heavy atom. The van der Waals surface area contributed by atoms with Gasteiger partial charge in [0.1, 0.15) is 0 Å². The lowest BCUT2D eigenvalue weighted by Crippen LogP contribution is -2.34. The van der Waals surface area contributed by atoms with E-state index in [1.165, 1.54) is 32.1 Å². The molecule has 5 heteroatoms. The highest BCUT2D eigenvalue weighted by Gasteiger charge is 2.06. The standard InChI is InChI=1S/C15H31NO4/c1-3-5-6-7-8-9-10-19-13-14(17)11-16-12-15(18)20-4-2/h14,16-17H,3-13H2,1-2H3. The lowest BCUT2D eigenvalue weighted by molar-refractivity contribution is -0.142. The van der Waals surface area contributed by atoms with E-state index in [2.05, 4.69) is 12.2 Å². The molecule has 1 unspecified atom stereocenters. The van der Waals surface area contributed by atoms with Crippen LogP contribution in [0, 0.1) is 0 Å². The summed E-state index contributed by atoms with van der Waals surface area (Å²) in [6.45, 7) is 5.83. The number of esters is 1. The van der Waals surface area contributed by atoms with Gasteiger partial charge in [-0.05, 0) is 13.3 Å². The van der Waals surface area contributed by atoms with E-state index in [0.29, 0.717) is 26.4 Å². The second kappa shape index (κ2) is 14.8. The van der Waals surface area contributed by atoms with Crippen LogP contribution in [0.25, 0.3) is 0 Å². The van der Waals surface area contributed by atoms with E-state index in [0.717, 1.165) is 6.42 Å². The number of nitrogens with one attached hydrogen (secondary N) is 1. The summed E-state index contributed by atoms with van der Waals surface area (Å²) in [5.41, 5.74) is 0. The topological polar surface area (TPSA) is 67.8 Å². The van der Waals surface area contributed by atoms with Crippen molar-refractivity contribution in [2.45, 2.75) is 58.5 Å². The van der Waals surface area contributed by atoms with Crippen LogP contribution in [-0.4, -0.2) is 50.1 Å². The zero-order valence-corrected chi connectivity index (χ0v) is 13.0. The predicted octanol–water partition coefficient (Wildman–Crippen LogP) is 1.88. The van der Waals surface area contributed by atoms with E-state index in [-0.39, 0.29) is 12.5 Å². The lowest BCUT2D eigenvalue weighted by atomic mass is 10.1. The van der Waals surface area contributed by atoms with Gasteiger partial charge in [-0.2, -0.15) is 0 Å². The van der Waals surface area contributed by atoms with Crippen LogP contribution in [0.15, 0.2) is 0 Å². The summed E-state index contributed by atoms with van der Waals surface area (Å²) in [5.74, 6) is -0.298. The first-order chi connectivity index (χ1) is 9.70. The molecule has 0 spiro atoms. The summed E-state index contributed by atoms with van der Waals surface area (Å²) >= 11 is 0. The van der Waals surface area contributed by atoms with Gasteiger partial charge in [-0.15, -0.1) is 0 Å². The van der Waals surface area contributed by atoms with Crippen LogP contribution in [0.1, 0.15) is 52.4 Å². The van der Waals surface area contributed by atoms with Crippen LogP contribution in [0.4, 0.5) is 0 Å². The molecular formula is C15H31NO4. The highest BCUT2D eigenvalue weighted by atomic mass is 16.5. The van der Waals surface area contributed by atoms with Crippen molar-refractivity contribution >= 4 is 5.97 Å². The van der Waals surface area contributed by atoms with Crippen molar-refractivity contribution in [3.63, 3.8) is 0 Å². The number of aliphatic hydroxyl groups is 1. The minimum atomic E-state index is -0.579. The maximum absolute atomic E-state index is 11.0. The summed E-state index contributed by atoms with van der Waals surface area (Å²) in [4.78, 5) is 11.0. The summed E-state index contributed by atoms with van der Waals surface area (Å²) in [5, 5.41) is 12.5. The van der Waals surface area contributed by atoms with Crippen LogP contribution >= 0.6 is 0 Å². The third kappa shape index (κ3) is 13.8. The van der Waals surface area contributed by atoms with Crippen LogP contribution in [0.5, 0.6) is 0 Å². The Hall–Kier alpha value is -0.650. The Balaban J connectivity index is 3.24. The van der Waals surface area contributed by atoms with Gasteiger partial charge in [0, 0.05) is 13.2 Å². The molecule has 0 heterocycles. The van der Waals surface area contributed by atoms with Gasteiger partial charge in [-0.25, -0.2) is 0 Å². The third-order valence-electron chi connectivity index (χ3n) is 2.91. The second-order valence-electron chi connectivity index (χ2n) is 4.93. The first-order valence-corrected chi connectivity index (χ1v) is 7.82. The van der Waals surface area contributed by atoms with Gasteiger partial charge in [0.25, 0.3) is 0 Å². The molecule has 0 aliphatic heterocycles. The molecule has 0 bridgehead atoms. The minimum Gasteiger partial charge on any atom is -0.465 e. The average molecular weight is 289 g/mol. The summed E-state index contributed by atoms with van der Waals surface area (Å²) in [7, 11) is 0. The number of carbonyl (C=O) groups excluding carboxylic acids is 1. The zero-order chi connectivity index (χ0) is 15.1. The number of hydrogen-bond donors (Lipinski definition) is 2. The third-order valence-corrected chi connectivity index (χ3v) is 2.91. The molecule has 0 amide bonds. The molecule has 1 atom stereocenters. The van der Waals surface area contributed by atoms with Crippen molar-refractivity contribution in [1.29, 1.82) is 0 Å². The predicted molar refractivity (Wildman–Crippen MR) is 79.7 cm³/mol. The van der Waals surface area contributed by atoms with Crippen LogP contribution < -0.4 is 5.32 Å². The fourth-order valence-electron chi connectivity index (χ4n) is 1.82. The minimum absolute atomic E-state index is 0.127. The smallest absolute Gasteiger partial charge is 0.319 e. The number of carbonyl (C=O) groups is 1. The van der Waals surface area contributed by atoms with Gasteiger partial charge in [0.05, 0.1) is 25.9 Å². The molecule has 2 N–H and O–H groups in total. The molecule has 0 rings (SSSR count). The van der Waals surface area contributed by atoms with Crippen molar-refractivity contribution in [3.05, 3.63) is 0 Å². The van der Waals surface area contributed by atoms with Gasteiger partial charge in [0.2, 0.25) is 0 Å². The van der Waals surface area contributed by atoms with Crippen molar-refractivity contribution in [1.82, 2.24) is 5.32 Å². The monoisotopic (exact) mass is 289 g/mol. The molecule has 120 valence electrons. The molecule has 5 nitrogen and oxygen atoms in total. The fraction of sp³-hybridized carbons (Fsp3) is 0.933. The van der Waals surface area contributed by atoms with E-state index in [4.69, 9.17) is 9.47 Å². The zero-order valence-electron chi connectivity index (χ0n) is 13.0. The quantitative estimate of drug-likeness (QED) is 0.377. The van der Waals surface area contributed by atoms with Crippen molar-refractivity contribution < 1.29 is 19.4 Å². The second-order valence-corrected chi connectivity index (χ2v) is 4.93. The molecule has 0 aliphatic carbocycles. The van der Waals surface area contributed by atoms with Crippen LogP contribution in [0.2, 0.25) is 0 Å². The largest absolute Gasteiger partial charge is 0.465 e. The number of unbranched alkanes of at least 4 members (excludes halogenated alkanes) is 5. The number of hydrogen-bond acceptors (Lipinski definition) is 5. The fourth-order valence-corrected chi connectivity index (χ4v) is 1.82. The van der Waals surface area contributed by atoms with E-state index in [1.54, 1.807) is 6.92 Å². The first kappa shape index (κ1) is 19.4. The highest BCUT2D eigenvalue weighted by Crippen LogP contribution is 2.04. The van der Waals surface area contributed by atoms with Crippen molar-refractivity contribution in [2.75, 3.05) is 32.9 Å². The Morgan fingerprint density at radius 2 is 1.85 bits per heavy atom. The normalized spacial score (nSPS) is 12.3. The number of ether oxygens (including phenoxy) is 2. The molecule has 0 radical (unpaired) electrons. The Bertz CT molecular complexity index is 224. The Labute approximate surface area is 123 Å². The van der Waals surface area contributed by atoms with Gasteiger partial charge in [0.15, 0.2) is 0 Å². The van der Waals surface area contributed by atoms with Gasteiger partial charge >= 0.3 is 5.97 Å². The van der Waals surface area contributed by atoms with Crippen molar-refractivity contribution in [2.24, 2.45) is 0 Å². The van der Waals surface area contributed by atoms with Gasteiger partial charge in [-0.3, -0.25) is 4.79 Å². The molecule has 20 heavy (non-hydrogen) atoms. The molecule has 0 aliphatic rings. The molecule has 0 fully saturated rings. The van der Waals surface area contributed by atoms with E-state index >= 15 is 0 Å². The van der Waals surface area contributed by atoms with Crippen LogP contribution in [0.3, 0.4) is 0 Å². The van der Waals surface area contributed by atoms with E-state index in [9.17, 15) is 9.90 Å². The van der Waals surface area contributed by atoms with Crippen LogP contribution in [-0.2, 0) is 14.3 Å². The molecular weight excluding hydrogens is 258 g/mol. The average Bonchev–Trinajstić information content (AvgIpc) is 2.42. The molecule has 0 saturated heterocycles. The summed E-state index contributed by atoms with van der Waals surface area (Å²) < 4.78 is 10.2.